The Kier molecular flexibility index (Phi) is 6.10. The number of ether oxygens (including phenoxy) is 2. The second-order valence-corrected chi connectivity index (χ2v) is 6.30. The number of aromatic nitrogens is 1. The number of carbonyl (C=O) groups is 1. The van der Waals surface area contributed by atoms with Crippen molar-refractivity contribution in [1.29, 1.82) is 5.26 Å². The number of hydrogen-bond acceptors (Lipinski definition) is 5. The summed E-state index contributed by atoms with van der Waals surface area (Å²) in [5.74, 6) is 1.24. The SMILES string of the molecule is COc1ccc(CCNC(=O)N2CCC(Oc3cc(C#N)ccn3)C2)cc1. The Morgan fingerprint density at radius 1 is 1.37 bits per heavy atom. The van der Waals surface area contributed by atoms with Crippen LogP contribution < -0.4 is 14.8 Å². The summed E-state index contributed by atoms with van der Waals surface area (Å²) < 4.78 is 10.9. The molecule has 1 N–H and O–H groups in total. The molecule has 0 aliphatic carbocycles. The third-order valence-electron chi connectivity index (χ3n) is 4.43. The zero-order valence-corrected chi connectivity index (χ0v) is 15.2. The van der Waals surface area contributed by atoms with Gasteiger partial charge in [0.2, 0.25) is 5.88 Å². The smallest absolute Gasteiger partial charge is 0.317 e. The molecule has 1 saturated heterocycles. The fraction of sp³-hybridized carbons (Fsp3) is 0.350. The van der Waals surface area contributed by atoms with E-state index in [0.717, 1.165) is 24.2 Å². The van der Waals surface area contributed by atoms with E-state index >= 15 is 0 Å². The van der Waals surface area contributed by atoms with Crippen LogP contribution in [0.25, 0.3) is 0 Å². The number of nitrogens with one attached hydrogen (secondary N) is 1. The number of nitriles is 1. The number of carbonyl (C=O) groups excluding carboxylic acids is 1. The van der Waals surface area contributed by atoms with Crippen LogP contribution in [0.1, 0.15) is 17.5 Å². The highest BCUT2D eigenvalue weighted by atomic mass is 16.5. The average Bonchev–Trinajstić information content (AvgIpc) is 3.17. The molecule has 7 heteroatoms. The Morgan fingerprint density at radius 2 is 2.19 bits per heavy atom. The number of nitrogens with zero attached hydrogens (tertiary/aromatic N) is 3. The van der Waals surface area contributed by atoms with Crippen LogP contribution in [0.5, 0.6) is 11.6 Å². The minimum Gasteiger partial charge on any atom is -0.497 e. The van der Waals surface area contributed by atoms with E-state index in [4.69, 9.17) is 14.7 Å². The van der Waals surface area contributed by atoms with Crippen LogP contribution in [-0.2, 0) is 6.42 Å². The molecule has 2 amide bonds. The first-order valence-electron chi connectivity index (χ1n) is 8.86. The van der Waals surface area contributed by atoms with Gasteiger partial charge in [-0.2, -0.15) is 5.26 Å². The van der Waals surface area contributed by atoms with E-state index in [1.54, 1.807) is 30.3 Å². The number of urea groups is 1. The molecule has 1 aromatic heterocycles. The summed E-state index contributed by atoms with van der Waals surface area (Å²) in [7, 11) is 1.64. The summed E-state index contributed by atoms with van der Waals surface area (Å²) >= 11 is 0. The Bertz CT molecular complexity index is 817. The van der Waals surface area contributed by atoms with Crippen molar-refractivity contribution in [2.45, 2.75) is 18.9 Å². The van der Waals surface area contributed by atoms with Crippen LogP contribution in [0.4, 0.5) is 4.79 Å². The third-order valence-corrected chi connectivity index (χ3v) is 4.43. The maximum absolute atomic E-state index is 12.3. The fourth-order valence-corrected chi connectivity index (χ4v) is 2.94. The highest BCUT2D eigenvalue weighted by Crippen LogP contribution is 2.17. The second kappa shape index (κ2) is 8.90. The van der Waals surface area contributed by atoms with E-state index in [2.05, 4.69) is 16.4 Å². The maximum Gasteiger partial charge on any atom is 0.317 e. The Hall–Kier alpha value is -3.27. The number of rotatable bonds is 6. The van der Waals surface area contributed by atoms with Crippen LogP contribution in [0, 0.1) is 11.3 Å². The molecule has 140 valence electrons. The Labute approximate surface area is 158 Å². The molecule has 0 radical (unpaired) electrons. The van der Waals surface area contributed by atoms with Gasteiger partial charge in [0.25, 0.3) is 0 Å². The van der Waals surface area contributed by atoms with Crippen molar-refractivity contribution in [3.63, 3.8) is 0 Å². The van der Waals surface area contributed by atoms with Gasteiger partial charge in [-0.05, 0) is 30.2 Å². The summed E-state index contributed by atoms with van der Waals surface area (Å²) in [4.78, 5) is 18.2. The first-order chi connectivity index (χ1) is 13.2. The molecule has 3 rings (SSSR count). The van der Waals surface area contributed by atoms with Crippen molar-refractivity contribution in [3.05, 3.63) is 53.7 Å². The van der Waals surface area contributed by atoms with E-state index in [1.165, 1.54) is 0 Å². The molecule has 0 spiro atoms. The molecular formula is C20H22N4O3. The standard InChI is InChI=1S/C20H22N4O3/c1-26-17-4-2-15(3-5-17)6-10-23-20(25)24-11-8-18(14-24)27-19-12-16(13-21)7-9-22-19/h2-5,7,9,12,18H,6,8,10-11,14H2,1H3,(H,23,25). The van der Waals surface area contributed by atoms with Gasteiger partial charge in [0.15, 0.2) is 0 Å². The lowest BCUT2D eigenvalue weighted by atomic mass is 10.1. The van der Waals surface area contributed by atoms with E-state index in [-0.39, 0.29) is 12.1 Å². The van der Waals surface area contributed by atoms with Gasteiger partial charge in [-0.1, -0.05) is 12.1 Å². The predicted octanol–water partition coefficient (Wildman–Crippen LogP) is 2.37. The molecule has 1 atom stereocenters. The van der Waals surface area contributed by atoms with Crippen molar-refractivity contribution < 1.29 is 14.3 Å². The van der Waals surface area contributed by atoms with E-state index in [1.807, 2.05) is 24.3 Å². The van der Waals surface area contributed by atoms with Crippen molar-refractivity contribution >= 4 is 6.03 Å². The minimum absolute atomic E-state index is 0.0895. The number of likely N-dealkylation sites (tertiary alicyclic amines) is 1. The van der Waals surface area contributed by atoms with E-state index in [0.29, 0.717) is 31.1 Å². The third kappa shape index (κ3) is 5.11. The fourth-order valence-electron chi connectivity index (χ4n) is 2.94. The van der Waals surface area contributed by atoms with Gasteiger partial charge in [-0.15, -0.1) is 0 Å². The Balaban J connectivity index is 1.42. The number of benzene rings is 1. The topological polar surface area (TPSA) is 87.5 Å². The molecule has 2 aromatic rings. The lowest BCUT2D eigenvalue weighted by Gasteiger charge is -2.17. The minimum atomic E-state index is -0.112. The monoisotopic (exact) mass is 366 g/mol. The molecule has 1 aromatic carbocycles. The molecule has 7 nitrogen and oxygen atoms in total. The molecule has 2 heterocycles. The first kappa shape index (κ1) is 18.5. The summed E-state index contributed by atoms with van der Waals surface area (Å²) in [6.45, 7) is 1.71. The summed E-state index contributed by atoms with van der Waals surface area (Å²) in [5, 5.41) is 11.9. The van der Waals surface area contributed by atoms with Crippen LogP contribution in [0.3, 0.4) is 0 Å². The van der Waals surface area contributed by atoms with E-state index in [9.17, 15) is 4.79 Å². The van der Waals surface area contributed by atoms with Crippen molar-refractivity contribution in [3.8, 4) is 17.7 Å². The molecule has 1 unspecified atom stereocenters. The Morgan fingerprint density at radius 3 is 2.93 bits per heavy atom. The van der Waals surface area contributed by atoms with Gasteiger partial charge >= 0.3 is 6.03 Å². The van der Waals surface area contributed by atoms with Crippen LogP contribution >= 0.6 is 0 Å². The summed E-state index contributed by atoms with van der Waals surface area (Å²) in [6.07, 6.45) is 2.93. The molecule has 1 aliphatic rings. The first-order valence-corrected chi connectivity index (χ1v) is 8.86. The van der Waals surface area contributed by atoms with Gasteiger partial charge in [-0.25, -0.2) is 9.78 Å². The van der Waals surface area contributed by atoms with Crippen LogP contribution in [0.2, 0.25) is 0 Å². The molecular weight excluding hydrogens is 344 g/mol. The molecule has 1 aliphatic heterocycles. The molecule has 0 bridgehead atoms. The van der Waals surface area contributed by atoms with Crippen LogP contribution in [-0.4, -0.2) is 48.8 Å². The number of methoxy groups -OCH3 is 1. The van der Waals surface area contributed by atoms with Crippen LogP contribution in [0.15, 0.2) is 42.6 Å². The van der Waals surface area contributed by atoms with Crippen molar-refractivity contribution in [2.24, 2.45) is 0 Å². The van der Waals surface area contributed by atoms with Crippen molar-refractivity contribution in [2.75, 3.05) is 26.7 Å². The predicted molar refractivity (Wildman–Crippen MR) is 99.7 cm³/mol. The number of pyridine rings is 1. The highest BCUT2D eigenvalue weighted by Gasteiger charge is 2.27. The summed E-state index contributed by atoms with van der Waals surface area (Å²) in [5.41, 5.74) is 1.65. The zero-order valence-electron chi connectivity index (χ0n) is 15.2. The van der Waals surface area contributed by atoms with Gasteiger partial charge in [0.1, 0.15) is 11.9 Å². The largest absolute Gasteiger partial charge is 0.497 e. The molecule has 27 heavy (non-hydrogen) atoms. The highest BCUT2D eigenvalue weighted by molar-refractivity contribution is 5.74. The van der Waals surface area contributed by atoms with Gasteiger partial charge in [-0.3, -0.25) is 0 Å². The quantitative estimate of drug-likeness (QED) is 0.848. The molecule has 0 saturated carbocycles. The van der Waals surface area contributed by atoms with Gasteiger partial charge in [0.05, 0.1) is 25.3 Å². The van der Waals surface area contributed by atoms with Crippen molar-refractivity contribution in [1.82, 2.24) is 15.2 Å². The van der Waals surface area contributed by atoms with Gasteiger partial charge in [0, 0.05) is 31.8 Å². The number of hydrogen-bond donors (Lipinski definition) is 1. The van der Waals surface area contributed by atoms with Gasteiger partial charge < -0.3 is 19.7 Å². The normalized spacial score (nSPS) is 15.9. The molecule has 1 fully saturated rings. The average molecular weight is 366 g/mol. The summed E-state index contributed by atoms with van der Waals surface area (Å²) in [6, 6.07) is 13.0. The lowest BCUT2D eigenvalue weighted by Crippen LogP contribution is -2.40. The second-order valence-electron chi connectivity index (χ2n) is 6.30. The zero-order chi connectivity index (χ0) is 19.1. The number of amides is 2. The lowest BCUT2D eigenvalue weighted by molar-refractivity contribution is 0.183. The van der Waals surface area contributed by atoms with E-state index < -0.39 is 0 Å². The maximum atomic E-state index is 12.3.